The van der Waals surface area contributed by atoms with Crippen LogP contribution in [-0.2, 0) is 11.3 Å². The van der Waals surface area contributed by atoms with Gasteiger partial charge < -0.3 is 34.9 Å². The number of aromatic amines is 1. The Bertz CT molecular complexity index is 1060. The van der Waals surface area contributed by atoms with Crippen molar-refractivity contribution >= 4 is 28.4 Å². The molecule has 1 saturated carbocycles. The van der Waals surface area contributed by atoms with Gasteiger partial charge in [-0.15, -0.1) is 0 Å². The first-order chi connectivity index (χ1) is 15.7. The first kappa shape index (κ1) is 21.9. The van der Waals surface area contributed by atoms with Gasteiger partial charge in [-0.05, 0) is 49.9 Å². The van der Waals surface area contributed by atoms with Crippen molar-refractivity contribution < 1.29 is 24.1 Å². The van der Waals surface area contributed by atoms with Crippen molar-refractivity contribution in [2.24, 2.45) is 0 Å². The van der Waals surface area contributed by atoms with E-state index < -0.39 is 6.03 Å². The Morgan fingerprint density at radius 2 is 2.03 bits per heavy atom. The van der Waals surface area contributed by atoms with Crippen LogP contribution < -0.4 is 20.1 Å². The standard InChI is InChI=1S/C23H28N4O5/c1-30-19-10-9-15(13-20(19)32-16-5-2-3-6-16)24-23(29)26-18-8-4-7-17-22(18)27-21(25-17)14-31-12-11-28/h4,7-10,13,16,28H,2-3,5-6,11-12,14H2,1H3,(H,25,27)(H2,24,26,29). The molecule has 0 atom stereocenters. The Labute approximate surface area is 186 Å². The molecule has 1 aromatic heterocycles. The summed E-state index contributed by atoms with van der Waals surface area (Å²) in [6.45, 7) is 0.432. The van der Waals surface area contributed by atoms with Gasteiger partial charge in [-0.25, -0.2) is 9.78 Å². The van der Waals surface area contributed by atoms with Gasteiger partial charge in [-0.3, -0.25) is 0 Å². The average molecular weight is 441 g/mol. The van der Waals surface area contributed by atoms with Crippen LogP contribution in [0.25, 0.3) is 11.0 Å². The zero-order valence-electron chi connectivity index (χ0n) is 18.0. The molecule has 3 aromatic rings. The summed E-state index contributed by atoms with van der Waals surface area (Å²) >= 11 is 0. The number of anilines is 2. The van der Waals surface area contributed by atoms with E-state index in [-0.39, 0.29) is 25.9 Å². The molecule has 0 saturated heterocycles. The highest BCUT2D eigenvalue weighted by atomic mass is 16.5. The molecular formula is C23H28N4O5. The average Bonchev–Trinajstić information content (AvgIpc) is 3.44. The molecule has 1 fully saturated rings. The Kier molecular flexibility index (Phi) is 7.08. The van der Waals surface area contributed by atoms with Crippen molar-refractivity contribution in [3.05, 3.63) is 42.2 Å². The number of methoxy groups -OCH3 is 1. The monoisotopic (exact) mass is 440 g/mol. The Morgan fingerprint density at radius 3 is 2.81 bits per heavy atom. The number of fused-ring (bicyclic) bond motifs is 1. The number of carbonyl (C=O) groups excluding carboxylic acids is 1. The van der Waals surface area contributed by atoms with Gasteiger partial charge in [0.2, 0.25) is 0 Å². The predicted octanol–water partition coefficient (Wildman–Crippen LogP) is 4.05. The summed E-state index contributed by atoms with van der Waals surface area (Å²) in [7, 11) is 1.60. The van der Waals surface area contributed by atoms with Crippen molar-refractivity contribution in [2.45, 2.75) is 38.4 Å². The topological polar surface area (TPSA) is 118 Å². The number of H-pyrrole nitrogens is 1. The second-order valence-electron chi connectivity index (χ2n) is 7.63. The Balaban J connectivity index is 1.44. The molecule has 0 spiro atoms. The van der Waals surface area contributed by atoms with E-state index in [1.807, 2.05) is 12.1 Å². The highest BCUT2D eigenvalue weighted by molar-refractivity contribution is 6.04. The van der Waals surface area contributed by atoms with Crippen LogP contribution in [0, 0.1) is 0 Å². The molecule has 1 heterocycles. The molecule has 0 radical (unpaired) electrons. The number of nitrogens with one attached hydrogen (secondary N) is 3. The molecule has 0 aliphatic heterocycles. The van der Waals surface area contributed by atoms with Crippen LogP contribution in [0.15, 0.2) is 36.4 Å². The van der Waals surface area contributed by atoms with Gasteiger partial charge in [0.1, 0.15) is 17.9 Å². The van der Waals surface area contributed by atoms with Gasteiger partial charge in [0.15, 0.2) is 11.5 Å². The third-order valence-electron chi connectivity index (χ3n) is 5.30. The molecule has 4 N–H and O–H groups in total. The zero-order valence-corrected chi connectivity index (χ0v) is 18.0. The van der Waals surface area contributed by atoms with Crippen molar-refractivity contribution in [3.8, 4) is 11.5 Å². The molecule has 32 heavy (non-hydrogen) atoms. The summed E-state index contributed by atoms with van der Waals surface area (Å²) < 4.78 is 16.8. The molecule has 9 nitrogen and oxygen atoms in total. The van der Waals surface area contributed by atoms with E-state index in [1.165, 1.54) is 12.8 Å². The number of hydrogen-bond donors (Lipinski definition) is 4. The molecule has 0 unspecified atom stereocenters. The Morgan fingerprint density at radius 1 is 1.19 bits per heavy atom. The fourth-order valence-corrected chi connectivity index (χ4v) is 3.80. The highest BCUT2D eigenvalue weighted by Gasteiger charge is 2.19. The minimum absolute atomic E-state index is 0.0496. The smallest absolute Gasteiger partial charge is 0.323 e. The summed E-state index contributed by atoms with van der Waals surface area (Å²) in [5.41, 5.74) is 2.58. The quantitative estimate of drug-likeness (QED) is 0.373. The van der Waals surface area contributed by atoms with Crippen LogP contribution in [0.4, 0.5) is 16.2 Å². The number of urea groups is 1. The van der Waals surface area contributed by atoms with Crippen molar-refractivity contribution in [3.63, 3.8) is 0 Å². The number of aliphatic hydroxyl groups excluding tert-OH is 1. The van der Waals surface area contributed by atoms with Gasteiger partial charge in [-0.1, -0.05) is 6.07 Å². The van der Waals surface area contributed by atoms with Gasteiger partial charge in [0.05, 0.1) is 37.6 Å². The maximum absolute atomic E-state index is 12.7. The van der Waals surface area contributed by atoms with E-state index in [0.717, 1.165) is 18.4 Å². The number of ether oxygens (including phenoxy) is 3. The molecule has 4 rings (SSSR count). The number of rotatable bonds is 9. The lowest BCUT2D eigenvalue weighted by Gasteiger charge is -2.17. The van der Waals surface area contributed by atoms with Crippen LogP contribution >= 0.6 is 0 Å². The summed E-state index contributed by atoms with van der Waals surface area (Å²) in [6, 6.07) is 10.4. The largest absolute Gasteiger partial charge is 0.493 e. The number of imidazole rings is 1. The third kappa shape index (κ3) is 5.30. The van der Waals surface area contributed by atoms with E-state index in [1.54, 1.807) is 31.4 Å². The lowest BCUT2D eigenvalue weighted by molar-refractivity contribution is 0.0782. The number of amides is 2. The van der Waals surface area contributed by atoms with E-state index in [2.05, 4.69) is 20.6 Å². The van der Waals surface area contributed by atoms with Gasteiger partial charge >= 0.3 is 6.03 Å². The summed E-state index contributed by atoms with van der Waals surface area (Å²) in [5.74, 6) is 1.88. The molecule has 1 aliphatic rings. The van der Waals surface area contributed by atoms with Crippen molar-refractivity contribution in [1.82, 2.24) is 9.97 Å². The number of carbonyl (C=O) groups is 1. The van der Waals surface area contributed by atoms with Gasteiger partial charge in [0.25, 0.3) is 0 Å². The molecule has 0 bridgehead atoms. The van der Waals surface area contributed by atoms with E-state index in [4.69, 9.17) is 19.3 Å². The lowest BCUT2D eigenvalue weighted by atomic mass is 10.2. The van der Waals surface area contributed by atoms with Crippen LogP contribution in [0.1, 0.15) is 31.5 Å². The highest BCUT2D eigenvalue weighted by Crippen LogP contribution is 2.34. The number of aliphatic hydroxyl groups is 1. The second-order valence-corrected chi connectivity index (χ2v) is 7.63. The number of benzene rings is 2. The number of nitrogens with zero attached hydrogens (tertiary/aromatic N) is 1. The molecule has 170 valence electrons. The third-order valence-corrected chi connectivity index (χ3v) is 5.30. The maximum Gasteiger partial charge on any atom is 0.323 e. The van der Waals surface area contributed by atoms with Crippen LogP contribution in [-0.4, -0.2) is 47.5 Å². The van der Waals surface area contributed by atoms with Crippen LogP contribution in [0.5, 0.6) is 11.5 Å². The first-order valence-corrected chi connectivity index (χ1v) is 10.7. The zero-order chi connectivity index (χ0) is 22.3. The predicted molar refractivity (Wildman–Crippen MR) is 121 cm³/mol. The van der Waals surface area contributed by atoms with E-state index in [0.29, 0.717) is 34.2 Å². The van der Waals surface area contributed by atoms with Gasteiger partial charge in [-0.2, -0.15) is 0 Å². The van der Waals surface area contributed by atoms with Crippen LogP contribution in [0.2, 0.25) is 0 Å². The molecular weight excluding hydrogens is 412 g/mol. The fourth-order valence-electron chi connectivity index (χ4n) is 3.80. The SMILES string of the molecule is COc1ccc(NC(=O)Nc2cccc3[nH]c(COCCO)nc23)cc1OC1CCCC1. The van der Waals surface area contributed by atoms with Gasteiger partial charge in [0, 0.05) is 11.8 Å². The normalized spacial score (nSPS) is 13.9. The second kappa shape index (κ2) is 10.3. The minimum atomic E-state index is -0.393. The number of hydrogen-bond acceptors (Lipinski definition) is 6. The molecule has 2 amide bonds. The maximum atomic E-state index is 12.7. The molecule has 1 aliphatic carbocycles. The summed E-state index contributed by atoms with van der Waals surface area (Å²) in [5, 5.41) is 14.5. The summed E-state index contributed by atoms with van der Waals surface area (Å²) in [6.07, 6.45) is 4.58. The van der Waals surface area contributed by atoms with E-state index in [9.17, 15) is 4.79 Å². The van der Waals surface area contributed by atoms with Crippen LogP contribution in [0.3, 0.4) is 0 Å². The number of para-hydroxylation sites is 1. The number of aromatic nitrogens is 2. The molecule has 2 aromatic carbocycles. The fraction of sp³-hybridized carbons (Fsp3) is 0.391. The summed E-state index contributed by atoms with van der Waals surface area (Å²) in [4.78, 5) is 20.3. The lowest BCUT2D eigenvalue weighted by Crippen LogP contribution is -2.20. The molecule has 9 heteroatoms. The van der Waals surface area contributed by atoms with E-state index >= 15 is 0 Å². The first-order valence-electron chi connectivity index (χ1n) is 10.7. The minimum Gasteiger partial charge on any atom is -0.493 e. The Hall–Kier alpha value is -3.30. The van der Waals surface area contributed by atoms with Crippen molar-refractivity contribution in [1.29, 1.82) is 0 Å². The van der Waals surface area contributed by atoms with Crippen molar-refractivity contribution in [2.75, 3.05) is 31.0 Å².